The Hall–Kier alpha value is -2.71. The standard InChI is InChI=1S/C26H34N4O3S/c1-3-5-18-30-24-13-12-22(34(32,33)29-16-6-7-17-29)19-23(24)28-25(30)14-15-26(31)27-21-10-8-20(4-2)9-11-21/h8-13,19H,3-7,14-18H2,1-2H3,(H,27,31). The van der Waals surface area contributed by atoms with Crippen LogP contribution in [0.15, 0.2) is 47.4 Å². The number of anilines is 1. The average molecular weight is 483 g/mol. The summed E-state index contributed by atoms with van der Waals surface area (Å²) in [5.41, 5.74) is 3.61. The second-order valence-electron chi connectivity index (χ2n) is 8.89. The van der Waals surface area contributed by atoms with E-state index in [4.69, 9.17) is 4.98 Å². The maximum Gasteiger partial charge on any atom is 0.243 e. The number of aromatic nitrogens is 2. The third-order valence-electron chi connectivity index (χ3n) is 6.46. The summed E-state index contributed by atoms with van der Waals surface area (Å²) in [6.45, 7) is 6.18. The molecule has 4 rings (SSSR count). The van der Waals surface area contributed by atoms with Gasteiger partial charge in [0.15, 0.2) is 0 Å². The van der Waals surface area contributed by atoms with Crippen LogP contribution in [0.3, 0.4) is 0 Å². The molecule has 1 saturated heterocycles. The molecule has 0 aliphatic carbocycles. The van der Waals surface area contributed by atoms with Gasteiger partial charge in [-0.25, -0.2) is 13.4 Å². The lowest BCUT2D eigenvalue weighted by molar-refractivity contribution is -0.116. The molecule has 8 heteroatoms. The number of fused-ring (bicyclic) bond motifs is 1. The predicted octanol–water partition coefficient (Wildman–Crippen LogP) is 4.75. The monoisotopic (exact) mass is 482 g/mol. The fourth-order valence-electron chi connectivity index (χ4n) is 4.43. The Morgan fingerprint density at radius 2 is 1.79 bits per heavy atom. The van der Waals surface area contributed by atoms with Gasteiger partial charge in [-0.05, 0) is 61.6 Å². The van der Waals surface area contributed by atoms with Crippen LogP contribution in [0.25, 0.3) is 11.0 Å². The summed E-state index contributed by atoms with van der Waals surface area (Å²) < 4.78 is 29.7. The highest BCUT2D eigenvalue weighted by atomic mass is 32.2. The largest absolute Gasteiger partial charge is 0.328 e. The number of hydrogen-bond donors (Lipinski definition) is 1. The summed E-state index contributed by atoms with van der Waals surface area (Å²) in [6.07, 6.45) is 5.60. The van der Waals surface area contributed by atoms with Crippen LogP contribution in [0.2, 0.25) is 0 Å². The number of nitrogens with one attached hydrogen (secondary N) is 1. The van der Waals surface area contributed by atoms with E-state index < -0.39 is 10.0 Å². The number of carbonyl (C=O) groups excluding carboxylic acids is 1. The van der Waals surface area contributed by atoms with Crippen molar-refractivity contribution < 1.29 is 13.2 Å². The van der Waals surface area contributed by atoms with Crippen molar-refractivity contribution in [1.82, 2.24) is 13.9 Å². The smallest absolute Gasteiger partial charge is 0.243 e. The molecule has 1 fully saturated rings. The fraction of sp³-hybridized carbons (Fsp3) is 0.462. The van der Waals surface area contributed by atoms with Crippen molar-refractivity contribution in [2.75, 3.05) is 18.4 Å². The van der Waals surface area contributed by atoms with Crippen molar-refractivity contribution in [3.05, 3.63) is 53.9 Å². The van der Waals surface area contributed by atoms with Gasteiger partial charge in [0.2, 0.25) is 15.9 Å². The molecule has 1 aliphatic heterocycles. The van der Waals surface area contributed by atoms with Gasteiger partial charge in [-0.3, -0.25) is 4.79 Å². The van der Waals surface area contributed by atoms with E-state index in [0.717, 1.165) is 55.7 Å². The van der Waals surface area contributed by atoms with E-state index in [1.807, 2.05) is 30.3 Å². The summed E-state index contributed by atoms with van der Waals surface area (Å²) in [5.74, 6) is 0.756. The summed E-state index contributed by atoms with van der Waals surface area (Å²) in [6, 6.07) is 13.1. The lowest BCUT2D eigenvalue weighted by atomic mass is 10.1. The molecule has 0 saturated carbocycles. The number of hydrogen-bond acceptors (Lipinski definition) is 4. The van der Waals surface area contributed by atoms with Crippen molar-refractivity contribution in [2.24, 2.45) is 0 Å². The molecule has 182 valence electrons. The molecule has 1 aliphatic rings. The van der Waals surface area contributed by atoms with Gasteiger partial charge in [-0.15, -0.1) is 0 Å². The molecule has 2 heterocycles. The summed E-state index contributed by atoms with van der Waals surface area (Å²) >= 11 is 0. The van der Waals surface area contributed by atoms with Gasteiger partial charge in [-0.2, -0.15) is 4.31 Å². The number of carbonyl (C=O) groups is 1. The molecular formula is C26H34N4O3S. The number of aryl methyl sites for hydroxylation is 3. The number of rotatable bonds is 10. The van der Waals surface area contributed by atoms with E-state index in [-0.39, 0.29) is 5.91 Å². The first-order valence-corrected chi connectivity index (χ1v) is 13.7. The summed E-state index contributed by atoms with van der Waals surface area (Å²) in [4.78, 5) is 17.6. The first kappa shape index (κ1) is 24.4. The highest BCUT2D eigenvalue weighted by Crippen LogP contribution is 2.26. The molecule has 2 aromatic carbocycles. The molecule has 0 unspecified atom stereocenters. The van der Waals surface area contributed by atoms with Crippen LogP contribution in [0.4, 0.5) is 5.69 Å². The molecule has 34 heavy (non-hydrogen) atoms. The molecule has 0 bridgehead atoms. The summed E-state index contributed by atoms with van der Waals surface area (Å²) in [5, 5.41) is 2.96. The SMILES string of the molecule is CCCCn1c(CCC(=O)Nc2ccc(CC)cc2)nc2cc(S(=O)(=O)N3CCCC3)ccc21. The first-order valence-electron chi connectivity index (χ1n) is 12.3. The van der Waals surface area contributed by atoms with Crippen LogP contribution in [0.5, 0.6) is 0 Å². The Labute approximate surface area is 202 Å². The second kappa shape index (κ2) is 10.7. The average Bonchev–Trinajstić information content (AvgIpc) is 3.50. The molecule has 0 spiro atoms. The first-order chi connectivity index (χ1) is 16.4. The minimum Gasteiger partial charge on any atom is -0.328 e. The molecule has 0 atom stereocenters. The second-order valence-corrected chi connectivity index (χ2v) is 10.8. The number of benzene rings is 2. The van der Waals surface area contributed by atoms with Gasteiger partial charge in [-0.1, -0.05) is 32.4 Å². The van der Waals surface area contributed by atoms with Crippen LogP contribution in [0, 0.1) is 0 Å². The maximum absolute atomic E-state index is 13.0. The van der Waals surface area contributed by atoms with Crippen molar-refractivity contribution in [3.8, 4) is 0 Å². The topological polar surface area (TPSA) is 84.3 Å². The van der Waals surface area contributed by atoms with Gasteiger partial charge >= 0.3 is 0 Å². The molecule has 1 amide bonds. The predicted molar refractivity (Wildman–Crippen MR) is 135 cm³/mol. The van der Waals surface area contributed by atoms with E-state index >= 15 is 0 Å². The molecule has 0 radical (unpaired) electrons. The Bertz CT molecular complexity index is 1240. The molecule has 3 aromatic rings. The molecule has 1 aromatic heterocycles. The zero-order chi connectivity index (χ0) is 24.1. The minimum absolute atomic E-state index is 0.0596. The number of sulfonamides is 1. The van der Waals surface area contributed by atoms with Gasteiger partial charge in [0, 0.05) is 38.2 Å². The van der Waals surface area contributed by atoms with Gasteiger partial charge in [0.05, 0.1) is 15.9 Å². The number of nitrogens with zero attached hydrogens (tertiary/aromatic N) is 3. The lowest BCUT2D eigenvalue weighted by Crippen LogP contribution is -2.27. The zero-order valence-electron chi connectivity index (χ0n) is 20.1. The Kier molecular flexibility index (Phi) is 7.68. The van der Waals surface area contributed by atoms with E-state index in [1.165, 1.54) is 5.56 Å². The minimum atomic E-state index is -3.50. The highest BCUT2D eigenvalue weighted by molar-refractivity contribution is 7.89. The van der Waals surface area contributed by atoms with E-state index in [0.29, 0.717) is 36.3 Å². The lowest BCUT2D eigenvalue weighted by Gasteiger charge is -2.15. The Morgan fingerprint density at radius 3 is 2.47 bits per heavy atom. The van der Waals surface area contributed by atoms with Crippen LogP contribution >= 0.6 is 0 Å². The van der Waals surface area contributed by atoms with Crippen molar-refractivity contribution in [1.29, 1.82) is 0 Å². The van der Waals surface area contributed by atoms with Crippen LogP contribution in [0.1, 0.15) is 57.3 Å². The third kappa shape index (κ3) is 5.33. The maximum atomic E-state index is 13.0. The van der Waals surface area contributed by atoms with E-state index in [2.05, 4.69) is 23.7 Å². The van der Waals surface area contributed by atoms with Gasteiger partial charge in [0.25, 0.3) is 0 Å². The Balaban J connectivity index is 1.53. The van der Waals surface area contributed by atoms with Crippen molar-refractivity contribution >= 4 is 32.7 Å². The quantitative estimate of drug-likeness (QED) is 0.452. The van der Waals surface area contributed by atoms with Crippen LogP contribution in [-0.2, 0) is 34.2 Å². The van der Waals surface area contributed by atoms with Crippen molar-refractivity contribution in [3.63, 3.8) is 0 Å². The van der Waals surface area contributed by atoms with Gasteiger partial charge < -0.3 is 9.88 Å². The normalized spacial score (nSPS) is 14.6. The fourth-order valence-corrected chi connectivity index (χ4v) is 5.96. The number of unbranched alkanes of at least 4 members (excludes halogenated alkanes) is 1. The molecule has 1 N–H and O–H groups in total. The van der Waals surface area contributed by atoms with Gasteiger partial charge in [0.1, 0.15) is 5.82 Å². The summed E-state index contributed by atoms with van der Waals surface area (Å²) in [7, 11) is -3.50. The Morgan fingerprint density at radius 1 is 1.06 bits per heavy atom. The van der Waals surface area contributed by atoms with Crippen LogP contribution < -0.4 is 5.32 Å². The van der Waals surface area contributed by atoms with Crippen molar-refractivity contribution in [2.45, 2.75) is 70.2 Å². The molecular weight excluding hydrogens is 448 g/mol. The third-order valence-corrected chi connectivity index (χ3v) is 8.35. The highest BCUT2D eigenvalue weighted by Gasteiger charge is 2.28. The van der Waals surface area contributed by atoms with E-state index in [9.17, 15) is 13.2 Å². The number of amides is 1. The zero-order valence-corrected chi connectivity index (χ0v) is 20.9. The molecule has 7 nitrogen and oxygen atoms in total. The number of imidazole rings is 1. The van der Waals surface area contributed by atoms with Crippen LogP contribution in [-0.4, -0.2) is 41.3 Å². The van der Waals surface area contributed by atoms with E-state index in [1.54, 1.807) is 16.4 Å².